The van der Waals surface area contributed by atoms with Gasteiger partial charge in [-0.25, -0.2) is 17.6 Å². The molecular formula is C29H28F6O3. The molecule has 3 aromatic rings. The Balaban J connectivity index is 1.39. The third kappa shape index (κ3) is 5.62. The van der Waals surface area contributed by atoms with Gasteiger partial charge in [0.15, 0.2) is 34.8 Å². The molecule has 0 N–H and O–H groups in total. The van der Waals surface area contributed by atoms with Gasteiger partial charge in [-0.1, -0.05) is 18.2 Å². The van der Waals surface area contributed by atoms with Gasteiger partial charge in [0.2, 0.25) is 11.6 Å². The molecule has 1 aliphatic carbocycles. The molecule has 38 heavy (non-hydrogen) atoms. The minimum absolute atomic E-state index is 0.0696. The fraction of sp³-hybridized carbons (Fsp3) is 0.379. The van der Waals surface area contributed by atoms with E-state index in [4.69, 9.17) is 14.2 Å². The van der Waals surface area contributed by atoms with E-state index in [9.17, 15) is 26.3 Å². The minimum Gasteiger partial charge on any atom is -0.491 e. The third-order valence-electron chi connectivity index (χ3n) is 6.76. The zero-order valence-corrected chi connectivity index (χ0v) is 21.1. The van der Waals surface area contributed by atoms with Crippen LogP contribution in [0.15, 0.2) is 36.4 Å². The molecule has 0 saturated heterocycles. The first-order chi connectivity index (χ1) is 18.3. The Morgan fingerprint density at radius 2 is 1.13 bits per heavy atom. The molecule has 0 atom stereocenters. The van der Waals surface area contributed by atoms with Crippen LogP contribution in [-0.2, 0) is 11.3 Å². The van der Waals surface area contributed by atoms with Crippen LogP contribution in [-0.4, -0.2) is 19.3 Å². The molecule has 0 heterocycles. The van der Waals surface area contributed by atoms with Gasteiger partial charge < -0.3 is 14.2 Å². The van der Waals surface area contributed by atoms with Crippen molar-refractivity contribution in [3.8, 4) is 22.6 Å². The van der Waals surface area contributed by atoms with Crippen molar-refractivity contribution >= 4 is 0 Å². The van der Waals surface area contributed by atoms with Gasteiger partial charge in [-0.15, -0.1) is 0 Å². The SMILES string of the molecule is CCOc1ccc(-c2ccc(COC3CCC(c4ccc(OCC)c(F)c4F)CC3)c(F)c2F)c(F)c1F. The number of rotatable bonds is 9. The van der Waals surface area contributed by atoms with Crippen LogP contribution in [0.25, 0.3) is 11.1 Å². The Labute approximate surface area is 217 Å². The maximum Gasteiger partial charge on any atom is 0.201 e. The summed E-state index contributed by atoms with van der Waals surface area (Å²) in [4.78, 5) is 0. The van der Waals surface area contributed by atoms with E-state index in [-0.39, 0.29) is 54.5 Å². The number of hydrogen-bond acceptors (Lipinski definition) is 3. The van der Waals surface area contributed by atoms with Crippen LogP contribution >= 0.6 is 0 Å². The standard InChI is InChI=1S/C29H28F6O3/c1-3-36-22-13-11-19(25(31)28(22)34)16-5-8-18(9-6-16)38-15-17-7-10-20(26(32)24(17)30)21-12-14-23(37-4-2)29(35)27(21)33/h7,10-14,16,18H,3-6,8-9,15H2,1-2H3. The summed E-state index contributed by atoms with van der Waals surface area (Å²) in [6.45, 7) is 3.40. The molecule has 9 heteroatoms. The zero-order valence-electron chi connectivity index (χ0n) is 21.1. The number of ether oxygens (including phenoxy) is 3. The van der Waals surface area contributed by atoms with Crippen molar-refractivity contribution in [2.45, 2.75) is 58.2 Å². The fourth-order valence-electron chi connectivity index (χ4n) is 4.79. The van der Waals surface area contributed by atoms with Crippen LogP contribution in [0.3, 0.4) is 0 Å². The highest BCUT2D eigenvalue weighted by molar-refractivity contribution is 5.66. The van der Waals surface area contributed by atoms with E-state index in [0.29, 0.717) is 25.7 Å². The second kappa shape index (κ2) is 12.1. The fourth-order valence-corrected chi connectivity index (χ4v) is 4.79. The Hall–Kier alpha value is -3.20. The maximum absolute atomic E-state index is 14.8. The molecule has 1 saturated carbocycles. The predicted octanol–water partition coefficient (Wildman–Crippen LogP) is 8.23. The predicted molar refractivity (Wildman–Crippen MR) is 130 cm³/mol. The summed E-state index contributed by atoms with van der Waals surface area (Å²) in [6.07, 6.45) is 1.85. The highest BCUT2D eigenvalue weighted by atomic mass is 19.2. The van der Waals surface area contributed by atoms with Gasteiger partial charge in [0.1, 0.15) is 0 Å². The van der Waals surface area contributed by atoms with Gasteiger partial charge in [-0.2, -0.15) is 8.78 Å². The van der Waals surface area contributed by atoms with Gasteiger partial charge in [0.25, 0.3) is 0 Å². The molecule has 0 aromatic heterocycles. The molecule has 204 valence electrons. The molecule has 3 aromatic carbocycles. The van der Waals surface area contributed by atoms with Gasteiger partial charge in [-0.3, -0.25) is 0 Å². The maximum atomic E-state index is 14.8. The lowest BCUT2D eigenvalue weighted by Gasteiger charge is -2.29. The molecule has 0 spiro atoms. The summed E-state index contributed by atoms with van der Waals surface area (Å²) in [7, 11) is 0. The van der Waals surface area contributed by atoms with E-state index in [1.165, 1.54) is 24.3 Å². The topological polar surface area (TPSA) is 27.7 Å². The number of hydrogen-bond donors (Lipinski definition) is 0. The smallest absolute Gasteiger partial charge is 0.201 e. The zero-order chi connectivity index (χ0) is 27.4. The Kier molecular flexibility index (Phi) is 8.87. The molecular weight excluding hydrogens is 510 g/mol. The second-order valence-electron chi connectivity index (χ2n) is 9.07. The molecule has 1 aliphatic rings. The van der Waals surface area contributed by atoms with Crippen LogP contribution in [0.2, 0.25) is 0 Å². The summed E-state index contributed by atoms with van der Waals surface area (Å²) in [5.41, 5.74) is -0.632. The van der Waals surface area contributed by atoms with Crippen molar-refractivity contribution in [2.75, 3.05) is 13.2 Å². The summed E-state index contributed by atoms with van der Waals surface area (Å²) >= 11 is 0. The van der Waals surface area contributed by atoms with Crippen molar-refractivity contribution in [1.82, 2.24) is 0 Å². The van der Waals surface area contributed by atoms with E-state index in [1.54, 1.807) is 13.8 Å². The second-order valence-corrected chi connectivity index (χ2v) is 9.07. The number of halogens is 6. The molecule has 1 fully saturated rings. The molecule has 0 amide bonds. The molecule has 0 radical (unpaired) electrons. The first kappa shape index (κ1) is 27.8. The Morgan fingerprint density at radius 1 is 0.605 bits per heavy atom. The summed E-state index contributed by atoms with van der Waals surface area (Å²) in [5.74, 6) is -7.69. The highest BCUT2D eigenvalue weighted by Gasteiger charge is 2.28. The lowest BCUT2D eigenvalue weighted by atomic mass is 9.82. The van der Waals surface area contributed by atoms with Crippen molar-refractivity contribution < 1.29 is 40.6 Å². The Bertz CT molecular complexity index is 1290. The van der Waals surface area contributed by atoms with E-state index in [0.717, 1.165) is 12.1 Å². The van der Waals surface area contributed by atoms with Crippen LogP contribution in [0.4, 0.5) is 26.3 Å². The van der Waals surface area contributed by atoms with Crippen molar-refractivity contribution in [3.05, 3.63) is 82.4 Å². The summed E-state index contributed by atoms with van der Waals surface area (Å²) in [6, 6.07) is 7.70. The number of benzene rings is 3. The quantitative estimate of drug-likeness (QED) is 0.257. The summed E-state index contributed by atoms with van der Waals surface area (Å²) < 4.78 is 103. The molecule has 0 bridgehead atoms. The first-order valence-corrected chi connectivity index (χ1v) is 12.6. The van der Waals surface area contributed by atoms with Crippen molar-refractivity contribution in [2.24, 2.45) is 0 Å². The average molecular weight is 539 g/mol. The summed E-state index contributed by atoms with van der Waals surface area (Å²) in [5, 5.41) is 0. The van der Waals surface area contributed by atoms with E-state index in [2.05, 4.69) is 0 Å². The minimum atomic E-state index is -1.33. The van der Waals surface area contributed by atoms with Crippen LogP contribution in [0, 0.1) is 34.9 Å². The monoisotopic (exact) mass is 538 g/mol. The van der Waals surface area contributed by atoms with E-state index < -0.39 is 46.0 Å². The van der Waals surface area contributed by atoms with Gasteiger partial charge in [0.05, 0.1) is 25.9 Å². The van der Waals surface area contributed by atoms with Crippen molar-refractivity contribution in [3.63, 3.8) is 0 Å². The van der Waals surface area contributed by atoms with Crippen molar-refractivity contribution in [1.29, 1.82) is 0 Å². The average Bonchev–Trinajstić information content (AvgIpc) is 2.92. The van der Waals surface area contributed by atoms with Crippen LogP contribution in [0.1, 0.15) is 56.6 Å². The Morgan fingerprint density at radius 3 is 1.74 bits per heavy atom. The normalized spacial score (nSPS) is 17.5. The third-order valence-corrected chi connectivity index (χ3v) is 6.76. The molecule has 0 unspecified atom stereocenters. The lowest BCUT2D eigenvalue weighted by molar-refractivity contribution is 0.0116. The largest absolute Gasteiger partial charge is 0.491 e. The van der Waals surface area contributed by atoms with Crippen LogP contribution < -0.4 is 9.47 Å². The van der Waals surface area contributed by atoms with Gasteiger partial charge >= 0.3 is 0 Å². The van der Waals surface area contributed by atoms with Gasteiger partial charge in [-0.05, 0) is 69.2 Å². The molecule has 0 aliphatic heterocycles. The van der Waals surface area contributed by atoms with Crippen LogP contribution in [0.5, 0.6) is 11.5 Å². The van der Waals surface area contributed by atoms with Gasteiger partial charge in [0, 0.05) is 16.7 Å². The first-order valence-electron chi connectivity index (χ1n) is 12.6. The van der Waals surface area contributed by atoms with E-state index in [1.807, 2.05) is 0 Å². The highest BCUT2D eigenvalue weighted by Crippen LogP contribution is 2.38. The lowest BCUT2D eigenvalue weighted by Crippen LogP contribution is -2.21. The molecule has 4 rings (SSSR count). The molecule has 3 nitrogen and oxygen atoms in total. The van der Waals surface area contributed by atoms with E-state index >= 15 is 0 Å².